The minimum Gasteiger partial charge on any atom is -0.331 e. The summed E-state index contributed by atoms with van der Waals surface area (Å²) >= 11 is 7.75. The van der Waals surface area contributed by atoms with Crippen LogP contribution in [0.3, 0.4) is 0 Å². The van der Waals surface area contributed by atoms with Crippen LogP contribution in [0.1, 0.15) is 42.1 Å². The third kappa shape index (κ3) is 2.98. The van der Waals surface area contributed by atoms with E-state index in [4.69, 9.17) is 16.6 Å². The maximum absolute atomic E-state index is 12.6. The van der Waals surface area contributed by atoms with Gasteiger partial charge < -0.3 is 5.32 Å². The maximum Gasteiger partial charge on any atom is 0.342 e. The maximum atomic E-state index is 12.6. The number of hydrogen-bond donors (Lipinski definition) is 1. The zero-order chi connectivity index (χ0) is 20.6. The molecule has 7 nitrogen and oxygen atoms in total. The number of rotatable bonds is 4. The Kier molecular flexibility index (Phi) is 3.95. The lowest BCUT2D eigenvalue weighted by Gasteiger charge is -2.69. The van der Waals surface area contributed by atoms with Gasteiger partial charge in [0.2, 0.25) is 0 Å². The summed E-state index contributed by atoms with van der Waals surface area (Å²) in [5.74, 6) is 0. The average molecular weight is 451 g/mol. The summed E-state index contributed by atoms with van der Waals surface area (Å²) in [5, 5.41) is 8.29. The van der Waals surface area contributed by atoms with E-state index in [0.717, 1.165) is 40.7 Å². The molecule has 0 aliphatic heterocycles. The first-order chi connectivity index (χ1) is 13.6. The van der Waals surface area contributed by atoms with E-state index in [1.54, 1.807) is 24.3 Å². The first kappa shape index (κ1) is 19.0. The van der Waals surface area contributed by atoms with Crippen LogP contribution in [-0.2, 0) is 15.3 Å². The van der Waals surface area contributed by atoms with Crippen molar-refractivity contribution < 1.29 is 13.2 Å². The van der Waals surface area contributed by atoms with Crippen LogP contribution in [-0.4, -0.2) is 41.0 Å². The highest BCUT2D eigenvalue weighted by Crippen LogP contribution is 2.68. The van der Waals surface area contributed by atoms with Gasteiger partial charge in [-0.2, -0.15) is 9.78 Å². The predicted molar refractivity (Wildman–Crippen MR) is 112 cm³/mol. The van der Waals surface area contributed by atoms with Crippen LogP contribution in [0, 0.1) is 0 Å². The Hall–Kier alpha value is -1.97. The lowest BCUT2D eigenvalue weighted by atomic mass is 9.39. The highest BCUT2D eigenvalue weighted by molar-refractivity contribution is 7.90. The smallest absolute Gasteiger partial charge is 0.331 e. The van der Waals surface area contributed by atoms with E-state index in [1.165, 1.54) is 10.9 Å². The van der Waals surface area contributed by atoms with Crippen molar-refractivity contribution in [2.24, 2.45) is 0 Å². The Balaban J connectivity index is 1.27. The van der Waals surface area contributed by atoms with Crippen molar-refractivity contribution in [1.29, 1.82) is 0 Å². The van der Waals surface area contributed by atoms with Crippen LogP contribution in [0.15, 0.2) is 30.5 Å². The molecular weight excluding hydrogens is 432 g/mol. The Bertz CT molecular complexity index is 1240. The monoisotopic (exact) mass is 450 g/mol. The highest BCUT2D eigenvalue weighted by atomic mass is 35.5. The van der Waals surface area contributed by atoms with Gasteiger partial charge in [0.1, 0.15) is 10.3 Å². The van der Waals surface area contributed by atoms with E-state index in [0.29, 0.717) is 10.7 Å². The Morgan fingerprint density at radius 2 is 2.03 bits per heavy atom. The Morgan fingerprint density at radius 3 is 2.72 bits per heavy atom. The molecule has 10 heteroatoms. The van der Waals surface area contributed by atoms with Gasteiger partial charge in [0.05, 0.1) is 15.9 Å². The summed E-state index contributed by atoms with van der Waals surface area (Å²) in [6.45, 7) is 1.57. The van der Waals surface area contributed by atoms with E-state index in [9.17, 15) is 13.2 Å². The van der Waals surface area contributed by atoms with Crippen molar-refractivity contribution in [3.05, 3.63) is 46.2 Å². The van der Waals surface area contributed by atoms with Crippen molar-refractivity contribution in [3.63, 3.8) is 0 Å². The standard InChI is InChI=1S/C19H19ClN4O3S2/c1-11(29(2,26)27)13-5-6-24(23-13)17(25)22-19-8-18(9-19,10-19)16-21-14-4-3-12(20)7-15(14)28-16/h3-7,11H,8-10H2,1-2H3,(H,22,25). The van der Waals surface area contributed by atoms with E-state index < -0.39 is 15.1 Å². The molecule has 3 aliphatic carbocycles. The first-order valence-electron chi connectivity index (χ1n) is 9.23. The fourth-order valence-electron chi connectivity index (χ4n) is 4.44. The van der Waals surface area contributed by atoms with Crippen LogP contribution in [0.4, 0.5) is 4.79 Å². The molecule has 2 aromatic heterocycles. The summed E-state index contributed by atoms with van der Waals surface area (Å²) in [6, 6.07) is 6.96. The van der Waals surface area contributed by atoms with E-state index in [1.807, 2.05) is 18.2 Å². The molecule has 1 unspecified atom stereocenters. The zero-order valence-corrected chi connectivity index (χ0v) is 18.2. The minimum absolute atomic E-state index is 0.0452. The molecule has 0 radical (unpaired) electrons. The van der Waals surface area contributed by atoms with Gasteiger partial charge in [-0.3, -0.25) is 0 Å². The van der Waals surface area contributed by atoms with Gasteiger partial charge in [-0.05, 0) is 50.5 Å². The van der Waals surface area contributed by atoms with Gasteiger partial charge in [-0.25, -0.2) is 18.2 Å². The van der Waals surface area contributed by atoms with E-state index in [-0.39, 0.29) is 17.0 Å². The SMILES string of the molecule is CC(c1ccn(C(=O)NC23CC(c4nc5ccc(Cl)cc5s4)(C2)C3)n1)S(C)(=O)=O. The normalized spacial score (nSPS) is 26.6. The van der Waals surface area contributed by atoms with Crippen molar-refractivity contribution >= 4 is 49.0 Å². The summed E-state index contributed by atoms with van der Waals surface area (Å²) in [5.41, 5.74) is 1.15. The molecule has 3 aromatic rings. The van der Waals surface area contributed by atoms with Gasteiger partial charge >= 0.3 is 6.03 Å². The molecule has 1 N–H and O–H groups in total. The number of carbonyl (C=O) groups is 1. The minimum atomic E-state index is -3.26. The number of fused-ring (bicyclic) bond motifs is 1. The zero-order valence-electron chi connectivity index (χ0n) is 15.8. The molecule has 3 fully saturated rings. The number of amides is 1. The molecule has 29 heavy (non-hydrogen) atoms. The quantitative estimate of drug-likeness (QED) is 0.654. The molecule has 3 aliphatic rings. The molecule has 0 saturated heterocycles. The molecule has 1 aromatic carbocycles. The number of benzene rings is 1. The van der Waals surface area contributed by atoms with Gasteiger partial charge in [0.25, 0.3) is 0 Å². The van der Waals surface area contributed by atoms with Crippen molar-refractivity contribution in [2.45, 2.75) is 42.4 Å². The molecule has 3 saturated carbocycles. The number of sulfone groups is 1. The van der Waals surface area contributed by atoms with Crippen molar-refractivity contribution in [3.8, 4) is 0 Å². The summed E-state index contributed by atoms with van der Waals surface area (Å²) in [7, 11) is -3.26. The van der Waals surface area contributed by atoms with Crippen LogP contribution < -0.4 is 5.32 Å². The second-order valence-corrected chi connectivity index (χ2v) is 12.1. The van der Waals surface area contributed by atoms with Crippen LogP contribution >= 0.6 is 22.9 Å². The molecule has 152 valence electrons. The molecule has 6 rings (SSSR count). The molecular formula is C19H19ClN4O3S2. The number of nitrogens with one attached hydrogen (secondary N) is 1. The molecule has 1 atom stereocenters. The second-order valence-electron chi connectivity index (χ2n) is 8.31. The predicted octanol–water partition coefficient (Wildman–Crippen LogP) is 3.68. The van der Waals surface area contributed by atoms with Crippen LogP contribution in [0.2, 0.25) is 5.02 Å². The van der Waals surface area contributed by atoms with E-state index in [2.05, 4.69) is 10.4 Å². The second kappa shape index (κ2) is 6.02. The lowest BCUT2D eigenvalue weighted by molar-refractivity contribution is -0.0788. The first-order valence-corrected chi connectivity index (χ1v) is 12.4. The number of aromatic nitrogens is 3. The highest BCUT2D eigenvalue weighted by Gasteiger charge is 2.70. The number of thiazole rings is 1. The van der Waals surface area contributed by atoms with Crippen LogP contribution in [0.5, 0.6) is 0 Å². The third-order valence-electron chi connectivity index (χ3n) is 6.08. The summed E-state index contributed by atoms with van der Waals surface area (Å²) in [4.78, 5) is 17.4. The van der Waals surface area contributed by atoms with Gasteiger partial charge in [0, 0.05) is 28.4 Å². The van der Waals surface area contributed by atoms with Gasteiger partial charge in [-0.15, -0.1) is 11.3 Å². The van der Waals surface area contributed by atoms with Gasteiger partial charge in [0.15, 0.2) is 9.84 Å². The molecule has 2 heterocycles. The van der Waals surface area contributed by atoms with Crippen LogP contribution in [0.25, 0.3) is 10.2 Å². The largest absolute Gasteiger partial charge is 0.342 e. The fraction of sp³-hybridized carbons (Fsp3) is 0.421. The molecule has 2 bridgehead atoms. The Labute approximate surface area is 177 Å². The number of halogens is 1. The molecule has 1 amide bonds. The number of hydrogen-bond acceptors (Lipinski definition) is 6. The number of carbonyl (C=O) groups excluding carboxylic acids is 1. The average Bonchev–Trinajstić information content (AvgIpc) is 3.21. The topological polar surface area (TPSA) is 93.9 Å². The van der Waals surface area contributed by atoms with Crippen molar-refractivity contribution in [1.82, 2.24) is 20.1 Å². The fourth-order valence-corrected chi connectivity index (χ4v) is 6.43. The molecule has 0 spiro atoms. The summed E-state index contributed by atoms with van der Waals surface area (Å²) in [6.07, 6.45) is 5.23. The lowest BCUT2D eigenvalue weighted by Crippen LogP contribution is -2.77. The van der Waals surface area contributed by atoms with Crippen molar-refractivity contribution in [2.75, 3.05) is 6.26 Å². The Morgan fingerprint density at radius 1 is 1.31 bits per heavy atom. The number of nitrogens with zero attached hydrogens (tertiary/aromatic N) is 3. The van der Waals surface area contributed by atoms with E-state index >= 15 is 0 Å². The van der Waals surface area contributed by atoms with Gasteiger partial charge in [-0.1, -0.05) is 11.6 Å². The third-order valence-corrected chi connectivity index (χ3v) is 9.11. The summed E-state index contributed by atoms with van der Waals surface area (Å²) < 4.78 is 25.7.